The second kappa shape index (κ2) is 6.34. The van der Waals surface area contributed by atoms with E-state index in [-0.39, 0.29) is 11.4 Å². The summed E-state index contributed by atoms with van der Waals surface area (Å²) in [6.45, 7) is 11.8. The fourth-order valence-electron chi connectivity index (χ4n) is 1.76. The summed E-state index contributed by atoms with van der Waals surface area (Å²) in [7, 11) is 0. The number of hydrogen-bond donors (Lipinski definition) is 2. The summed E-state index contributed by atoms with van der Waals surface area (Å²) < 4.78 is 0. The molecule has 18 heavy (non-hydrogen) atoms. The van der Waals surface area contributed by atoms with Gasteiger partial charge in [-0.05, 0) is 46.2 Å². The first-order valence-electron chi connectivity index (χ1n) is 6.35. The van der Waals surface area contributed by atoms with E-state index in [1.807, 2.05) is 32.1 Å². The predicted molar refractivity (Wildman–Crippen MR) is 78.0 cm³/mol. The third kappa shape index (κ3) is 5.65. The molecule has 0 saturated heterocycles. The van der Waals surface area contributed by atoms with Crippen molar-refractivity contribution in [3.63, 3.8) is 0 Å². The molecule has 0 aliphatic heterocycles. The highest BCUT2D eigenvalue weighted by Gasteiger charge is 2.12. The average molecular weight is 268 g/mol. The van der Waals surface area contributed by atoms with E-state index in [0.717, 1.165) is 13.1 Å². The second-order valence-corrected chi connectivity index (χ2v) is 7.12. The molecule has 0 aromatic carbocycles. The number of thiophene rings is 1. The largest absolute Gasteiger partial charge is 0.351 e. The molecule has 0 unspecified atom stereocenters. The number of carbonyl (C=O) groups excluding carboxylic acids is 1. The molecule has 1 aromatic heterocycles. The highest BCUT2D eigenvalue weighted by molar-refractivity contribution is 7.12. The van der Waals surface area contributed by atoms with Gasteiger partial charge >= 0.3 is 0 Å². The fraction of sp³-hybridized carbons (Fsp3) is 0.643. The summed E-state index contributed by atoms with van der Waals surface area (Å²) in [5.74, 6) is 0.105. The van der Waals surface area contributed by atoms with Crippen molar-refractivity contribution in [1.82, 2.24) is 10.6 Å². The molecule has 0 bridgehead atoms. The molecule has 0 aliphatic carbocycles. The standard InChI is InChI=1S/C14H24N2OS/c1-10-8-12(11(2)18-10)9-15-7-6-13(17)16-14(3,4)5/h8,15H,6-7,9H2,1-5H3,(H,16,17). The van der Waals surface area contributed by atoms with Crippen molar-refractivity contribution >= 4 is 17.2 Å². The Kier molecular flexibility index (Phi) is 5.35. The number of aryl methyl sites for hydroxylation is 2. The van der Waals surface area contributed by atoms with Crippen LogP contribution in [0.1, 0.15) is 42.5 Å². The van der Waals surface area contributed by atoms with Gasteiger partial charge in [0.2, 0.25) is 5.91 Å². The lowest BCUT2D eigenvalue weighted by molar-refractivity contribution is -0.122. The third-order valence-corrected chi connectivity index (χ3v) is 3.51. The normalized spacial score (nSPS) is 11.6. The van der Waals surface area contributed by atoms with E-state index in [9.17, 15) is 4.79 Å². The first kappa shape index (κ1) is 15.2. The van der Waals surface area contributed by atoms with Gasteiger partial charge in [0.15, 0.2) is 0 Å². The molecule has 0 fully saturated rings. The Morgan fingerprint density at radius 2 is 2.00 bits per heavy atom. The van der Waals surface area contributed by atoms with Crippen LogP contribution in [0.5, 0.6) is 0 Å². The lowest BCUT2D eigenvalue weighted by Gasteiger charge is -2.20. The third-order valence-electron chi connectivity index (χ3n) is 2.50. The summed E-state index contributed by atoms with van der Waals surface area (Å²) in [6.07, 6.45) is 0.527. The van der Waals surface area contributed by atoms with Gasteiger partial charge in [0.1, 0.15) is 0 Å². The number of rotatable bonds is 5. The Balaban J connectivity index is 2.23. The molecule has 0 atom stereocenters. The van der Waals surface area contributed by atoms with Gasteiger partial charge in [0.25, 0.3) is 0 Å². The van der Waals surface area contributed by atoms with E-state index < -0.39 is 0 Å². The fourth-order valence-corrected chi connectivity index (χ4v) is 2.71. The Morgan fingerprint density at radius 1 is 1.33 bits per heavy atom. The van der Waals surface area contributed by atoms with Crippen LogP contribution in [-0.2, 0) is 11.3 Å². The van der Waals surface area contributed by atoms with E-state index in [1.165, 1.54) is 15.3 Å². The van der Waals surface area contributed by atoms with Crippen molar-refractivity contribution in [3.8, 4) is 0 Å². The lowest BCUT2D eigenvalue weighted by Crippen LogP contribution is -2.41. The minimum absolute atomic E-state index is 0.105. The van der Waals surface area contributed by atoms with E-state index in [4.69, 9.17) is 0 Å². The van der Waals surface area contributed by atoms with Crippen molar-refractivity contribution in [2.24, 2.45) is 0 Å². The zero-order valence-electron chi connectivity index (χ0n) is 12.0. The van der Waals surface area contributed by atoms with E-state index in [0.29, 0.717) is 6.42 Å². The van der Waals surface area contributed by atoms with Crippen molar-refractivity contribution in [1.29, 1.82) is 0 Å². The zero-order chi connectivity index (χ0) is 13.8. The highest BCUT2D eigenvalue weighted by Crippen LogP contribution is 2.20. The predicted octanol–water partition coefficient (Wildman–Crippen LogP) is 2.76. The molecule has 2 N–H and O–H groups in total. The maximum absolute atomic E-state index is 11.6. The second-order valence-electron chi connectivity index (χ2n) is 5.66. The Hall–Kier alpha value is -0.870. The van der Waals surface area contributed by atoms with Crippen molar-refractivity contribution in [2.75, 3.05) is 6.54 Å². The minimum Gasteiger partial charge on any atom is -0.351 e. The summed E-state index contributed by atoms with van der Waals surface area (Å²) >= 11 is 1.82. The van der Waals surface area contributed by atoms with Gasteiger partial charge in [-0.15, -0.1) is 11.3 Å². The van der Waals surface area contributed by atoms with Gasteiger partial charge in [-0.25, -0.2) is 0 Å². The number of amides is 1. The molecule has 0 spiro atoms. The molecule has 1 amide bonds. The van der Waals surface area contributed by atoms with Crippen molar-refractivity contribution in [2.45, 2.75) is 53.1 Å². The van der Waals surface area contributed by atoms with Crippen LogP contribution in [0.15, 0.2) is 6.07 Å². The van der Waals surface area contributed by atoms with Crippen LogP contribution in [0.3, 0.4) is 0 Å². The first-order chi connectivity index (χ1) is 8.28. The van der Waals surface area contributed by atoms with Crippen LogP contribution in [0.25, 0.3) is 0 Å². The smallest absolute Gasteiger partial charge is 0.221 e. The van der Waals surface area contributed by atoms with Crippen molar-refractivity contribution in [3.05, 3.63) is 21.4 Å². The Bertz CT molecular complexity index is 404. The molecule has 102 valence electrons. The van der Waals surface area contributed by atoms with Crippen LogP contribution < -0.4 is 10.6 Å². The number of hydrogen-bond acceptors (Lipinski definition) is 3. The minimum atomic E-state index is -0.141. The van der Waals surface area contributed by atoms with Crippen LogP contribution in [0, 0.1) is 13.8 Å². The average Bonchev–Trinajstić information content (AvgIpc) is 2.49. The highest BCUT2D eigenvalue weighted by atomic mass is 32.1. The first-order valence-corrected chi connectivity index (χ1v) is 7.17. The van der Waals surface area contributed by atoms with Gasteiger partial charge < -0.3 is 10.6 Å². The number of nitrogens with one attached hydrogen (secondary N) is 2. The maximum atomic E-state index is 11.6. The summed E-state index contributed by atoms with van der Waals surface area (Å²) in [4.78, 5) is 14.3. The monoisotopic (exact) mass is 268 g/mol. The molecular formula is C14H24N2OS. The molecular weight excluding hydrogens is 244 g/mol. The van der Waals surface area contributed by atoms with Crippen LogP contribution in [0.4, 0.5) is 0 Å². The maximum Gasteiger partial charge on any atom is 0.221 e. The van der Waals surface area contributed by atoms with Gasteiger partial charge in [0.05, 0.1) is 0 Å². The zero-order valence-corrected chi connectivity index (χ0v) is 12.8. The molecule has 0 saturated carbocycles. The molecule has 0 aliphatic rings. The van der Waals surface area contributed by atoms with Crippen molar-refractivity contribution < 1.29 is 4.79 Å². The van der Waals surface area contributed by atoms with Gasteiger partial charge in [0, 0.05) is 34.8 Å². The van der Waals surface area contributed by atoms with E-state index in [1.54, 1.807) is 0 Å². The summed E-state index contributed by atoms with van der Waals surface area (Å²) in [6, 6.07) is 2.21. The van der Waals surface area contributed by atoms with Gasteiger partial charge in [-0.1, -0.05) is 0 Å². The molecule has 1 aromatic rings. The van der Waals surface area contributed by atoms with E-state index >= 15 is 0 Å². The van der Waals surface area contributed by atoms with Crippen LogP contribution in [0.2, 0.25) is 0 Å². The topological polar surface area (TPSA) is 41.1 Å². The summed E-state index contributed by atoms with van der Waals surface area (Å²) in [5.41, 5.74) is 1.20. The summed E-state index contributed by atoms with van der Waals surface area (Å²) in [5, 5.41) is 6.27. The Morgan fingerprint density at radius 3 is 2.50 bits per heavy atom. The Labute approximate surface area is 114 Å². The van der Waals surface area contributed by atoms with Crippen LogP contribution in [-0.4, -0.2) is 18.0 Å². The molecule has 3 nitrogen and oxygen atoms in total. The number of carbonyl (C=O) groups is 1. The molecule has 1 heterocycles. The quantitative estimate of drug-likeness (QED) is 0.806. The molecule has 0 radical (unpaired) electrons. The van der Waals surface area contributed by atoms with Gasteiger partial charge in [-0.2, -0.15) is 0 Å². The van der Waals surface area contributed by atoms with Gasteiger partial charge in [-0.3, -0.25) is 4.79 Å². The molecule has 4 heteroatoms. The van der Waals surface area contributed by atoms with Crippen LogP contribution >= 0.6 is 11.3 Å². The molecule has 1 rings (SSSR count). The lowest BCUT2D eigenvalue weighted by atomic mass is 10.1. The SMILES string of the molecule is Cc1cc(CNCCC(=O)NC(C)(C)C)c(C)s1. The van der Waals surface area contributed by atoms with E-state index in [2.05, 4.69) is 30.5 Å².